The predicted octanol–water partition coefficient (Wildman–Crippen LogP) is 1.09. The van der Waals surface area contributed by atoms with E-state index in [1.54, 1.807) is 6.92 Å². The molecule has 0 amide bonds. The summed E-state index contributed by atoms with van der Waals surface area (Å²) in [6.07, 6.45) is -7.13. The molecule has 0 aliphatic carbocycles. The highest BCUT2D eigenvalue weighted by atomic mass is 16.7. The molecule has 1 aromatic heterocycles. The highest BCUT2D eigenvalue weighted by Gasteiger charge is 2.44. The van der Waals surface area contributed by atoms with Gasteiger partial charge in [-0.15, -0.1) is 0 Å². The van der Waals surface area contributed by atoms with Gasteiger partial charge in [-0.2, -0.15) is 0 Å². The van der Waals surface area contributed by atoms with Gasteiger partial charge in [0.05, 0.1) is 6.10 Å². The first-order valence-electron chi connectivity index (χ1n) is 9.77. The molecule has 2 heterocycles. The number of rotatable bonds is 3. The summed E-state index contributed by atoms with van der Waals surface area (Å²) in [6.45, 7) is 3.08. The summed E-state index contributed by atoms with van der Waals surface area (Å²) >= 11 is 0. The molecule has 10 heteroatoms. The van der Waals surface area contributed by atoms with E-state index in [2.05, 4.69) is 0 Å². The second kappa shape index (κ2) is 7.99. The van der Waals surface area contributed by atoms with Crippen LogP contribution in [0.5, 0.6) is 23.0 Å². The molecule has 5 atom stereocenters. The highest BCUT2D eigenvalue weighted by Crippen LogP contribution is 2.38. The maximum absolute atomic E-state index is 13.3. The lowest BCUT2D eigenvalue weighted by Gasteiger charge is -2.38. The molecule has 6 N–H and O–H groups in total. The Kier molecular flexibility index (Phi) is 5.47. The van der Waals surface area contributed by atoms with Crippen molar-refractivity contribution >= 4 is 11.0 Å². The monoisotopic (exact) mass is 446 g/mol. The SMILES string of the molecule is Cc1cc(-c2oc3cc(O)cc(O)c3c(=O)c2O[C@@H]2OC(C)[C@H](O)[C@H](O)C2O)ccc1O. The summed E-state index contributed by atoms with van der Waals surface area (Å²) in [6, 6.07) is 6.47. The van der Waals surface area contributed by atoms with Crippen molar-refractivity contribution in [3.8, 4) is 34.3 Å². The van der Waals surface area contributed by atoms with Crippen LogP contribution in [0, 0.1) is 6.92 Å². The molecule has 0 spiro atoms. The molecule has 1 aliphatic rings. The van der Waals surface area contributed by atoms with Crippen molar-refractivity contribution in [2.24, 2.45) is 0 Å². The Balaban J connectivity index is 1.92. The van der Waals surface area contributed by atoms with Crippen LogP contribution in [0.2, 0.25) is 0 Å². The molecule has 170 valence electrons. The van der Waals surface area contributed by atoms with Gasteiger partial charge in [-0.25, -0.2) is 0 Å². The van der Waals surface area contributed by atoms with E-state index < -0.39 is 47.6 Å². The minimum Gasteiger partial charge on any atom is -0.508 e. The minimum atomic E-state index is -1.70. The summed E-state index contributed by atoms with van der Waals surface area (Å²) in [4.78, 5) is 13.3. The van der Waals surface area contributed by atoms with Gasteiger partial charge in [0.25, 0.3) is 0 Å². The second-order valence-electron chi connectivity index (χ2n) is 7.73. The third kappa shape index (κ3) is 3.63. The van der Waals surface area contributed by atoms with Crippen molar-refractivity contribution in [2.75, 3.05) is 0 Å². The third-order valence-electron chi connectivity index (χ3n) is 5.42. The molecule has 1 aliphatic heterocycles. The first kappa shape index (κ1) is 21.9. The lowest BCUT2D eigenvalue weighted by atomic mass is 10.00. The number of phenolic OH excluding ortho intramolecular Hbond substituents is 3. The van der Waals surface area contributed by atoms with E-state index >= 15 is 0 Å². The van der Waals surface area contributed by atoms with Crippen LogP contribution in [0.4, 0.5) is 0 Å². The van der Waals surface area contributed by atoms with E-state index in [9.17, 15) is 35.4 Å². The highest BCUT2D eigenvalue weighted by molar-refractivity contribution is 5.88. The Morgan fingerprint density at radius 2 is 1.66 bits per heavy atom. The van der Waals surface area contributed by atoms with Gasteiger partial charge in [0.15, 0.2) is 5.76 Å². The number of hydrogen-bond acceptors (Lipinski definition) is 10. The molecule has 0 radical (unpaired) electrons. The van der Waals surface area contributed by atoms with Gasteiger partial charge < -0.3 is 44.5 Å². The van der Waals surface area contributed by atoms with Gasteiger partial charge >= 0.3 is 0 Å². The van der Waals surface area contributed by atoms with Crippen LogP contribution in [0.1, 0.15) is 12.5 Å². The summed E-state index contributed by atoms with van der Waals surface area (Å²) in [5, 5.41) is 59.9. The van der Waals surface area contributed by atoms with Crippen LogP contribution in [-0.2, 0) is 4.74 Å². The maximum Gasteiger partial charge on any atom is 0.239 e. The Labute approximate surface area is 181 Å². The third-order valence-corrected chi connectivity index (χ3v) is 5.42. The first-order valence-corrected chi connectivity index (χ1v) is 9.77. The topological polar surface area (TPSA) is 170 Å². The predicted molar refractivity (Wildman–Crippen MR) is 111 cm³/mol. The van der Waals surface area contributed by atoms with E-state index in [1.807, 2.05) is 0 Å². The summed E-state index contributed by atoms with van der Waals surface area (Å²) < 4.78 is 16.9. The Bertz CT molecular complexity index is 1230. The van der Waals surface area contributed by atoms with Crippen molar-refractivity contribution in [2.45, 2.75) is 44.6 Å². The van der Waals surface area contributed by atoms with Gasteiger partial charge in [-0.3, -0.25) is 4.79 Å². The molecule has 32 heavy (non-hydrogen) atoms. The summed E-state index contributed by atoms with van der Waals surface area (Å²) in [5.41, 5.74) is -0.171. The van der Waals surface area contributed by atoms with E-state index in [0.29, 0.717) is 11.1 Å². The molecule has 4 rings (SSSR count). The number of phenols is 3. The van der Waals surface area contributed by atoms with Gasteiger partial charge in [0, 0.05) is 17.7 Å². The van der Waals surface area contributed by atoms with Crippen LogP contribution in [0.3, 0.4) is 0 Å². The number of fused-ring (bicyclic) bond motifs is 1. The van der Waals surface area contributed by atoms with E-state index in [1.165, 1.54) is 25.1 Å². The number of aliphatic hydroxyl groups excluding tert-OH is 3. The molecule has 1 saturated heterocycles. The first-order chi connectivity index (χ1) is 15.1. The van der Waals surface area contributed by atoms with Crippen molar-refractivity contribution in [3.05, 3.63) is 46.1 Å². The number of benzene rings is 2. The Morgan fingerprint density at radius 3 is 2.34 bits per heavy atom. The van der Waals surface area contributed by atoms with Gasteiger partial charge in [0.1, 0.15) is 46.5 Å². The Morgan fingerprint density at radius 1 is 0.938 bits per heavy atom. The lowest BCUT2D eigenvalue weighted by molar-refractivity contribution is -0.268. The van der Waals surface area contributed by atoms with E-state index in [4.69, 9.17) is 13.9 Å². The molecule has 1 fully saturated rings. The van der Waals surface area contributed by atoms with Gasteiger partial charge in [0.2, 0.25) is 17.5 Å². The quantitative estimate of drug-likeness (QED) is 0.342. The fourth-order valence-electron chi connectivity index (χ4n) is 3.59. The van der Waals surface area contributed by atoms with E-state index in [0.717, 1.165) is 12.1 Å². The molecule has 2 aromatic carbocycles. The van der Waals surface area contributed by atoms with Crippen molar-refractivity contribution < 1.29 is 44.5 Å². The molecule has 0 bridgehead atoms. The van der Waals surface area contributed by atoms with Crippen LogP contribution in [0.15, 0.2) is 39.5 Å². The maximum atomic E-state index is 13.3. The lowest BCUT2D eigenvalue weighted by Crippen LogP contribution is -2.58. The van der Waals surface area contributed by atoms with Crippen molar-refractivity contribution in [1.29, 1.82) is 0 Å². The zero-order chi connectivity index (χ0) is 23.3. The largest absolute Gasteiger partial charge is 0.508 e. The van der Waals surface area contributed by atoms with Crippen LogP contribution in [0.25, 0.3) is 22.3 Å². The normalized spacial score (nSPS) is 25.7. The van der Waals surface area contributed by atoms with Crippen molar-refractivity contribution in [3.63, 3.8) is 0 Å². The summed E-state index contributed by atoms with van der Waals surface area (Å²) in [5.74, 6) is -1.45. The zero-order valence-electron chi connectivity index (χ0n) is 17.1. The number of hydrogen-bond donors (Lipinski definition) is 6. The van der Waals surface area contributed by atoms with E-state index in [-0.39, 0.29) is 28.2 Å². The van der Waals surface area contributed by atoms with Crippen molar-refractivity contribution in [1.82, 2.24) is 0 Å². The Hall–Kier alpha value is -3.31. The molecular weight excluding hydrogens is 424 g/mol. The smallest absolute Gasteiger partial charge is 0.239 e. The number of aliphatic hydroxyl groups is 3. The molecule has 3 aromatic rings. The molecular formula is C22H22O10. The fourth-order valence-corrected chi connectivity index (χ4v) is 3.59. The summed E-state index contributed by atoms with van der Waals surface area (Å²) in [7, 11) is 0. The van der Waals surface area contributed by atoms with Crippen LogP contribution < -0.4 is 10.2 Å². The second-order valence-corrected chi connectivity index (χ2v) is 7.73. The van der Waals surface area contributed by atoms with Gasteiger partial charge in [-0.1, -0.05) is 0 Å². The molecule has 10 nitrogen and oxygen atoms in total. The molecule has 0 saturated carbocycles. The number of aromatic hydroxyl groups is 3. The average Bonchev–Trinajstić information content (AvgIpc) is 2.73. The zero-order valence-corrected chi connectivity index (χ0v) is 17.1. The fraction of sp³-hybridized carbons (Fsp3) is 0.318. The number of ether oxygens (including phenoxy) is 2. The minimum absolute atomic E-state index is 0.00612. The van der Waals surface area contributed by atoms with Crippen LogP contribution >= 0.6 is 0 Å². The number of aryl methyl sites for hydroxylation is 1. The standard InChI is InChI=1S/C22H22O10/c1-8-5-10(3-4-12(8)24)20-21(32-22-19(29)18(28)16(26)9(2)30-22)17(27)15-13(25)6-11(23)7-14(15)31-20/h3-7,9,16,18-19,22-26,28-29H,1-2H3/t9?,16-,18-,19?,22-/m0/s1. The average molecular weight is 446 g/mol. The van der Waals surface area contributed by atoms with Crippen LogP contribution in [-0.4, -0.2) is 61.3 Å². The van der Waals surface area contributed by atoms with Gasteiger partial charge in [-0.05, 0) is 37.6 Å². The molecule has 2 unspecified atom stereocenters.